The number of aliphatic hydroxyl groups is 1. The number of carbonyl (C=O) groups is 1. The number of aliphatic hydroxyl groups excluding tert-OH is 1. The lowest BCUT2D eigenvalue weighted by atomic mass is 10.0. The van der Waals surface area contributed by atoms with Crippen molar-refractivity contribution in [3.8, 4) is 0 Å². The molecule has 1 aliphatic heterocycles. The van der Waals surface area contributed by atoms with Crippen LogP contribution in [0.4, 0.5) is 0 Å². The van der Waals surface area contributed by atoms with Crippen molar-refractivity contribution in [2.24, 2.45) is 5.92 Å². The Morgan fingerprint density at radius 1 is 1.46 bits per heavy atom. The first kappa shape index (κ1) is 23.8. The average molecular weight is 418 g/mol. The number of thiocarbonyl (C=S) groups is 1. The Hall–Kier alpha value is -0.213. The van der Waals surface area contributed by atoms with Gasteiger partial charge in [0.05, 0.1) is 12.5 Å². The Bertz CT molecular complexity index is 529. The standard InChI is InChI=1S/C19H35NO3S2Si/c1-14(2)16-13-25-18(24)20(16)17(22)12-15(21)10-8-9-11-23-26(6,7)19(3,4)5/h8,10,14-16,21H,9,11-13H2,1-7H3/b10-8+/t15-,16+/m1/s1. The molecule has 0 spiro atoms. The van der Waals surface area contributed by atoms with Gasteiger partial charge in [0.15, 0.2) is 8.32 Å². The molecule has 0 aromatic rings. The molecule has 1 fully saturated rings. The van der Waals surface area contributed by atoms with Crippen molar-refractivity contribution in [1.82, 2.24) is 4.90 Å². The van der Waals surface area contributed by atoms with E-state index in [1.165, 1.54) is 0 Å². The summed E-state index contributed by atoms with van der Waals surface area (Å²) in [6.07, 6.45) is 3.64. The number of carbonyl (C=O) groups excluding carboxylic acids is 1. The minimum absolute atomic E-state index is 0.0729. The van der Waals surface area contributed by atoms with Crippen LogP contribution >= 0.6 is 24.0 Å². The fourth-order valence-electron chi connectivity index (χ4n) is 2.41. The van der Waals surface area contributed by atoms with Crippen LogP contribution in [0.15, 0.2) is 12.2 Å². The summed E-state index contributed by atoms with van der Waals surface area (Å²) < 4.78 is 6.74. The van der Waals surface area contributed by atoms with Crippen molar-refractivity contribution in [2.75, 3.05) is 12.4 Å². The molecule has 1 heterocycles. The van der Waals surface area contributed by atoms with Gasteiger partial charge in [-0.25, -0.2) is 0 Å². The maximum Gasteiger partial charge on any atom is 0.231 e. The molecule has 26 heavy (non-hydrogen) atoms. The first-order valence-electron chi connectivity index (χ1n) is 9.34. The lowest BCUT2D eigenvalue weighted by Crippen LogP contribution is -2.42. The Labute approximate surface area is 169 Å². The predicted octanol–water partition coefficient (Wildman–Crippen LogP) is 4.59. The second-order valence-electron chi connectivity index (χ2n) is 8.75. The van der Waals surface area contributed by atoms with Crippen LogP contribution in [-0.4, -0.2) is 53.1 Å². The molecule has 0 aliphatic carbocycles. The molecular weight excluding hydrogens is 382 g/mol. The summed E-state index contributed by atoms with van der Waals surface area (Å²) in [6.45, 7) is 16.0. The fourth-order valence-corrected chi connectivity index (χ4v) is 5.14. The van der Waals surface area contributed by atoms with E-state index in [9.17, 15) is 9.90 Å². The Morgan fingerprint density at radius 2 is 2.08 bits per heavy atom. The number of nitrogens with zero attached hydrogens (tertiary/aromatic N) is 1. The summed E-state index contributed by atoms with van der Waals surface area (Å²) in [5.41, 5.74) is 0. The van der Waals surface area contributed by atoms with E-state index >= 15 is 0 Å². The largest absolute Gasteiger partial charge is 0.417 e. The molecule has 1 rings (SSSR count). The number of amides is 1. The smallest absolute Gasteiger partial charge is 0.231 e. The Kier molecular flexibility index (Phi) is 9.00. The molecule has 0 aromatic carbocycles. The molecular formula is C19H35NO3S2Si. The third kappa shape index (κ3) is 6.75. The number of rotatable bonds is 8. The van der Waals surface area contributed by atoms with Crippen molar-refractivity contribution >= 4 is 42.5 Å². The first-order valence-corrected chi connectivity index (χ1v) is 13.6. The monoisotopic (exact) mass is 417 g/mol. The van der Waals surface area contributed by atoms with Crippen molar-refractivity contribution < 1.29 is 14.3 Å². The Balaban J connectivity index is 2.44. The first-order chi connectivity index (χ1) is 11.9. The van der Waals surface area contributed by atoms with Gasteiger partial charge in [0, 0.05) is 18.4 Å². The van der Waals surface area contributed by atoms with Crippen LogP contribution in [0.3, 0.4) is 0 Å². The number of hydrogen-bond donors (Lipinski definition) is 1. The summed E-state index contributed by atoms with van der Waals surface area (Å²) >= 11 is 6.86. The van der Waals surface area contributed by atoms with E-state index in [0.29, 0.717) is 16.8 Å². The molecule has 0 radical (unpaired) electrons. The van der Waals surface area contributed by atoms with Gasteiger partial charge in [-0.1, -0.05) is 70.8 Å². The minimum atomic E-state index is -1.73. The van der Waals surface area contributed by atoms with Gasteiger partial charge in [-0.05, 0) is 30.5 Å². The molecule has 1 amide bonds. The topological polar surface area (TPSA) is 49.8 Å². The van der Waals surface area contributed by atoms with Gasteiger partial charge in [0.1, 0.15) is 4.32 Å². The molecule has 150 valence electrons. The molecule has 1 aliphatic rings. The summed E-state index contributed by atoms with van der Waals surface area (Å²) in [4.78, 5) is 14.2. The Morgan fingerprint density at radius 3 is 2.62 bits per heavy atom. The number of thioether (sulfide) groups is 1. The molecule has 0 aromatic heterocycles. The summed E-state index contributed by atoms with van der Waals surface area (Å²) in [5.74, 6) is 1.11. The van der Waals surface area contributed by atoms with Crippen molar-refractivity contribution in [2.45, 2.75) is 77.7 Å². The highest BCUT2D eigenvalue weighted by molar-refractivity contribution is 8.23. The average Bonchev–Trinajstić information content (AvgIpc) is 2.87. The normalized spacial score (nSPS) is 20.4. The summed E-state index contributed by atoms with van der Waals surface area (Å²) in [5, 5.41) is 10.4. The van der Waals surface area contributed by atoms with Crippen LogP contribution in [0.25, 0.3) is 0 Å². The highest BCUT2D eigenvalue weighted by Gasteiger charge is 2.37. The van der Waals surface area contributed by atoms with E-state index in [1.807, 2.05) is 6.08 Å². The van der Waals surface area contributed by atoms with Crippen LogP contribution in [-0.2, 0) is 9.22 Å². The molecule has 0 saturated carbocycles. The third-order valence-electron chi connectivity index (χ3n) is 5.24. The van der Waals surface area contributed by atoms with Crippen LogP contribution in [0.5, 0.6) is 0 Å². The van der Waals surface area contributed by atoms with E-state index < -0.39 is 14.4 Å². The van der Waals surface area contributed by atoms with Gasteiger partial charge in [-0.3, -0.25) is 9.69 Å². The van der Waals surface area contributed by atoms with Crippen molar-refractivity contribution in [1.29, 1.82) is 0 Å². The minimum Gasteiger partial charge on any atom is -0.417 e. The van der Waals surface area contributed by atoms with Crippen molar-refractivity contribution in [3.05, 3.63) is 12.2 Å². The lowest BCUT2D eigenvalue weighted by molar-refractivity contribution is -0.130. The second-order valence-corrected chi connectivity index (χ2v) is 15.2. The molecule has 1 N–H and O–H groups in total. The van der Waals surface area contributed by atoms with Crippen LogP contribution < -0.4 is 0 Å². The zero-order valence-corrected chi connectivity index (χ0v) is 19.9. The van der Waals surface area contributed by atoms with E-state index in [-0.39, 0.29) is 23.4 Å². The summed E-state index contributed by atoms with van der Waals surface area (Å²) in [6, 6.07) is 0.133. The van der Waals surface area contributed by atoms with Gasteiger partial charge in [-0.15, -0.1) is 0 Å². The van der Waals surface area contributed by atoms with Crippen molar-refractivity contribution in [3.63, 3.8) is 0 Å². The van der Waals surface area contributed by atoms with Gasteiger partial charge in [-0.2, -0.15) is 0 Å². The molecule has 0 bridgehead atoms. The maximum atomic E-state index is 12.5. The van der Waals surface area contributed by atoms with Gasteiger partial charge in [0.2, 0.25) is 5.91 Å². The van der Waals surface area contributed by atoms with E-state index in [0.717, 1.165) is 12.2 Å². The molecule has 1 saturated heterocycles. The number of hydrogen-bond acceptors (Lipinski definition) is 5. The van der Waals surface area contributed by atoms with Gasteiger partial charge in [0.25, 0.3) is 0 Å². The SMILES string of the molecule is CC(C)[C@@H]1CSC(=S)N1C(=O)C[C@H](O)/C=C/CCO[Si](C)(C)C(C)(C)C. The van der Waals surface area contributed by atoms with Crippen LogP contribution in [0.2, 0.25) is 18.1 Å². The highest BCUT2D eigenvalue weighted by atomic mass is 32.2. The van der Waals surface area contributed by atoms with E-state index in [2.05, 4.69) is 47.7 Å². The third-order valence-corrected chi connectivity index (χ3v) is 11.3. The van der Waals surface area contributed by atoms with Crippen LogP contribution in [0, 0.1) is 5.92 Å². The molecule has 7 heteroatoms. The zero-order valence-electron chi connectivity index (χ0n) is 17.2. The lowest BCUT2D eigenvalue weighted by Gasteiger charge is -2.36. The second kappa shape index (κ2) is 9.82. The van der Waals surface area contributed by atoms with Gasteiger partial charge >= 0.3 is 0 Å². The van der Waals surface area contributed by atoms with Crippen LogP contribution in [0.1, 0.15) is 47.5 Å². The highest BCUT2D eigenvalue weighted by Crippen LogP contribution is 2.36. The predicted molar refractivity (Wildman–Crippen MR) is 118 cm³/mol. The maximum absolute atomic E-state index is 12.5. The fraction of sp³-hybridized carbons (Fsp3) is 0.789. The quantitative estimate of drug-likeness (QED) is 0.271. The van der Waals surface area contributed by atoms with E-state index in [4.69, 9.17) is 16.6 Å². The zero-order chi connectivity index (χ0) is 20.1. The molecule has 0 unspecified atom stereocenters. The molecule has 2 atom stereocenters. The molecule has 4 nitrogen and oxygen atoms in total. The van der Waals surface area contributed by atoms with Gasteiger partial charge < -0.3 is 9.53 Å². The summed E-state index contributed by atoms with van der Waals surface area (Å²) in [7, 11) is -1.73. The van der Waals surface area contributed by atoms with E-state index in [1.54, 1.807) is 22.7 Å².